The molecular weight excluding hydrogens is 281 g/mol. The van der Waals surface area contributed by atoms with Gasteiger partial charge in [-0.3, -0.25) is 0 Å². The van der Waals surface area contributed by atoms with Crippen molar-refractivity contribution in [1.29, 1.82) is 0 Å². The van der Waals surface area contributed by atoms with Gasteiger partial charge in [-0.05, 0) is 36.8 Å². The van der Waals surface area contributed by atoms with Crippen LogP contribution in [0.15, 0.2) is 36.4 Å². The molecule has 0 bridgehead atoms. The summed E-state index contributed by atoms with van der Waals surface area (Å²) in [6, 6.07) is 9.73. The first-order valence-corrected chi connectivity index (χ1v) is 6.44. The second-order valence-electron chi connectivity index (χ2n) is 4.34. The molecule has 2 aromatic rings. The highest BCUT2D eigenvalue weighted by atomic mass is 35.5. The molecule has 0 saturated carbocycles. The van der Waals surface area contributed by atoms with Crippen molar-refractivity contribution in [1.82, 2.24) is 0 Å². The third-order valence-corrected chi connectivity index (χ3v) is 3.27. The van der Waals surface area contributed by atoms with Crippen LogP contribution in [0.1, 0.15) is 18.6 Å². The van der Waals surface area contributed by atoms with Crippen LogP contribution in [0.5, 0.6) is 11.5 Å². The number of anilines is 1. The zero-order valence-electron chi connectivity index (χ0n) is 11.2. The van der Waals surface area contributed by atoms with Gasteiger partial charge in [0.25, 0.3) is 0 Å². The van der Waals surface area contributed by atoms with E-state index in [1.807, 2.05) is 6.92 Å². The fraction of sp³-hybridized carbons (Fsp3) is 0.200. The third kappa shape index (κ3) is 3.14. The first kappa shape index (κ1) is 14.5. The average molecular weight is 296 g/mol. The van der Waals surface area contributed by atoms with E-state index in [0.29, 0.717) is 22.0 Å². The molecule has 0 aliphatic rings. The van der Waals surface area contributed by atoms with Gasteiger partial charge in [-0.25, -0.2) is 4.39 Å². The number of nitrogen functional groups attached to an aromatic ring is 1. The topological polar surface area (TPSA) is 44.5 Å². The number of hydrogen-bond acceptors (Lipinski definition) is 3. The van der Waals surface area contributed by atoms with Gasteiger partial charge in [-0.15, -0.1) is 0 Å². The maximum absolute atomic E-state index is 13.6. The fourth-order valence-electron chi connectivity index (χ4n) is 1.80. The van der Waals surface area contributed by atoms with E-state index in [1.165, 1.54) is 13.2 Å². The Morgan fingerprint density at radius 1 is 1.20 bits per heavy atom. The molecule has 2 N–H and O–H groups in total. The molecule has 20 heavy (non-hydrogen) atoms. The molecule has 0 aromatic heterocycles. The Labute approximate surface area is 122 Å². The minimum atomic E-state index is -0.420. The minimum absolute atomic E-state index is 0.205. The van der Waals surface area contributed by atoms with Gasteiger partial charge < -0.3 is 15.2 Å². The molecule has 0 spiro atoms. The van der Waals surface area contributed by atoms with Crippen LogP contribution in [-0.4, -0.2) is 7.11 Å². The molecule has 0 fully saturated rings. The van der Waals surface area contributed by atoms with E-state index >= 15 is 0 Å². The number of rotatable bonds is 4. The van der Waals surface area contributed by atoms with Gasteiger partial charge in [0.15, 0.2) is 11.6 Å². The Bertz CT molecular complexity index is 619. The highest BCUT2D eigenvalue weighted by molar-refractivity contribution is 6.33. The molecule has 1 atom stereocenters. The second kappa shape index (κ2) is 6.01. The van der Waals surface area contributed by atoms with E-state index < -0.39 is 5.82 Å². The number of hydrogen-bond donors (Lipinski definition) is 1. The number of benzene rings is 2. The van der Waals surface area contributed by atoms with E-state index in [1.54, 1.807) is 30.3 Å². The van der Waals surface area contributed by atoms with Crippen LogP contribution in [0.4, 0.5) is 10.1 Å². The van der Waals surface area contributed by atoms with E-state index in [0.717, 1.165) is 0 Å². The van der Waals surface area contributed by atoms with E-state index in [2.05, 4.69) is 0 Å². The summed E-state index contributed by atoms with van der Waals surface area (Å²) >= 11 is 5.84. The Kier molecular flexibility index (Phi) is 4.35. The third-order valence-electron chi connectivity index (χ3n) is 2.93. The first-order valence-electron chi connectivity index (χ1n) is 6.06. The molecule has 0 amide bonds. The summed E-state index contributed by atoms with van der Waals surface area (Å²) in [4.78, 5) is 0. The van der Waals surface area contributed by atoms with Crippen molar-refractivity contribution < 1.29 is 13.9 Å². The highest BCUT2D eigenvalue weighted by Crippen LogP contribution is 2.29. The van der Waals surface area contributed by atoms with Crippen LogP contribution in [0, 0.1) is 5.82 Å². The van der Waals surface area contributed by atoms with Crippen LogP contribution >= 0.6 is 11.6 Å². The van der Waals surface area contributed by atoms with E-state index in [-0.39, 0.29) is 11.9 Å². The molecule has 3 nitrogen and oxygen atoms in total. The maximum Gasteiger partial charge on any atom is 0.165 e. The van der Waals surface area contributed by atoms with Crippen LogP contribution in [0.25, 0.3) is 0 Å². The SMILES string of the molecule is COc1ccc(C(C)Oc2ccc(Cl)c(N)c2)cc1F. The van der Waals surface area contributed by atoms with Crippen LogP contribution < -0.4 is 15.2 Å². The summed E-state index contributed by atoms with van der Waals surface area (Å²) in [7, 11) is 1.43. The molecule has 1 unspecified atom stereocenters. The minimum Gasteiger partial charge on any atom is -0.494 e. The molecule has 2 rings (SSSR count). The lowest BCUT2D eigenvalue weighted by molar-refractivity contribution is 0.226. The smallest absolute Gasteiger partial charge is 0.165 e. The van der Waals surface area contributed by atoms with Gasteiger partial charge in [0.1, 0.15) is 11.9 Å². The summed E-state index contributed by atoms with van der Waals surface area (Å²) in [5.74, 6) is 0.364. The van der Waals surface area contributed by atoms with Crippen molar-refractivity contribution in [2.24, 2.45) is 0 Å². The second-order valence-corrected chi connectivity index (χ2v) is 4.74. The Hall–Kier alpha value is -1.94. The summed E-state index contributed by atoms with van der Waals surface area (Å²) in [5, 5.41) is 0.473. The van der Waals surface area contributed by atoms with Gasteiger partial charge in [-0.1, -0.05) is 17.7 Å². The zero-order chi connectivity index (χ0) is 14.7. The number of halogens is 2. The van der Waals surface area contributed by atoms with E-state index in [4.69, 9.17) is 26.8 Å². The lowest BCUT2D eigenvalue weighted by atomic mass is 10.1. The molecule has 0 heterocycles. The predicted molar refractivity (Wildman–Crippen MR) is 77.9 cm³/mol. The van der Waals surface area contributed by atoms with Crippen LogP contribution in [-0.2, 0) is 0 Å². The molecule has 5 heteroatoms. The molecule has 2 aromatic carbocycles. The van der Waals surface area contributed by atoms with Gasteiger partial charge in [-0.2, -0.15) is 0 Å². The first-order chi connectivity index (χ1) is 9.51. The van der Waals surface area contributed by atoms with Crippen molar-refractivity contribution in [2.75, 3.05) is 12.8 Å². The van der Waals surface area contributed by atoms with Gasteiger partial charge in [0.2, 0.25) is 0 Å². The lowest BCUT2D eigenvalue weighted by Gasteiger charge is -2.16. The van der Waals surface area contributed by atoms with Gasteiger partial charge in [0, 0.05) is 6.07 Å². The van der Waals surface area contributed by atoms with Crippen molar-refractivity contribution in [3.63, 3.8) is 0 Å². The molecule has 0 aliphatic heterocycles. The number of methoxy groups -OCH3 is 1. The number of nitrogens with two attached hydrogens (primary N) is 1. The predicted octanol–water partition coefficient (Wildman–Crippen LogP) is 4.21. The Balaban J connectivity index is 2.17. The standard InChI is InChI=1S/C15H15ClFNO2/c1-9(10-3-6-15(19-2)13(17)7-10)20-11-4-5-12(16)14(18)8-11/h3-9H,18H2,1-2H3. The largest absolute Gasteiger partial charge is 0.494 e. The van der Waals surface area contributed by atoms with Crippen molar-refractivity contribution in [3.8, 4) is 11.5 Å². The maximum atomic E-state index is 13.6. The summed E-state index contributed by atoms with van der Waals surface area (Å²) < 4.78 is 24.2. The van der Waals surface area contributed by atoms with Gasteiger partial charge >= 0.3 is 0 Å². The van der Waals surface area contributed by atoms with Crippen molar-refractivity contribution >= 4 is 17.3 Å². The van der Waals surface area contributed by atoms with Crippen LogP contribution in [0.3, 0.4) is 0 Å². The van der Waals surface area contributed by atoms with E-state index in [9.17, 15) is 4.39 Å². The lowest BCUT2D eigenvalue weighted by Crippen LogP contribution is -2.04. The molecule has 0 radical (unpaired) electrons. The monoisotopic (exact) mass is 295 g/mol. The summed E-state index contributed by atoms with van der Waals surface area (Å²) in [6.07, 6.45) is -0.323. The number of ether oxygens (including phenoxy) is 2. The fourth-order valence-corrected chi connectivity index (χ4v) is 1.92. The van der Waals surface area contributed by atoms with Gasteiger partial charge in [0.05, 0.1) is 17.8 Å². The molecule has 0 aliphatic carbocycles. The normalized spacial score (nSPS) is 12.0. The Morgan fingerprint density at radius 2 is 1.95 bits per heavy atom. The summed E-state index contributed by atoms with van der Waals surface area (Å²) in [6.45, 7) is 1.83. The molecule has 0 saturated heterocycles. The van der Waals surface area contributed by atoms with Crippen molar-refractivity contribution in [2.45, 2.75) is 13.0 Å². The zero-order valence-corrected chi connectivity index (χ0v) is 11.9. The van der Waals surface area contributed by atoms with Crippen molar-refractivity contribution in [3.05, 3.63) is 52.8 Å². The highest BCUT2D eigenvalue weighted by Gasteiger charge is 2.11. The molecular formula is C15H15ClFNO2. The average Bonchev–Trinajstić information content (AvgIpc) is 2.42. The summed E-state index contributed by atoms with van der Waals surface area (Å²) in [5.41, 5.74) is 6.86. The Morgan fingerprint density at radius 3 is 2.55 bits per heavy atom. The molecule has 106 valence electrons. The van der Waals surface area contributed by atoms with Crippen LogP contribution in [0.2, 0.25) is 5.02 Å². The quantitative estimate of drug-likeness (QED) is 0.859.